The third-order valence-electron chi connectivity index (χ3n) is 5.99. The lowest BCUT2D eigenvalue weighted by Gasteiger charge is -2.40. The second kappa shape index (κ2) is 6.25. The van der Waals surface area contributed by atoms with Crippen LogP contribution in [-0.4, -0.2) is 40.4 Å². The van der Waals surface area contributed by atoms with Crippen molar-refractivity contribution < 1.29 is 19.7 Å². The van der Waals surface area contributed by atoms with Crippen LogP contribution in [0.2, 0.25) is 0 Å². The highest BCUT2D eigenvalue weighted by atomic mass is 16.6. The maximum atomic E-state index is 11.7. The number of ether oxygens (including phenoxy) is 1. The van der Waals surface area contributed by atoms with Gasteiger partial charge < -0.3 is 14.9 Å². The van der Waals surface area contributed by atoms with E-state index >= 15 is 0 Å². The zero-order chi connectivity index (χ0) is 17.6. The summed E-state index contributed by atoms with van der Waals surface area (Å²) in [5.41, 5.74) is 2.20. The predicted octanol–water partition coefficient (Wildman–Crippen LogP) is 2.56. The first-order valence-electron chi connectivity index (χ1n) is 8.81. The van der Waals surface area contributed by atoms with E-state index in [9.17, 15) is 15.0 Å². The minimum atomic E-state index is -0.642. The molecule has 0 bridgehead atoms. The van der Waals surface area contributed by atoms with Gasteiger partial charge in [0.15, 0.2) is 0 Å². The zero-order valence-electron chi connectivity index (χ0n) is 14.7. The Kier molecular flexibility index (Phi) is 4.58. The molecule has 0 spiro atoms. The van der Waals surface area contributed by atoms with Crippen LogP contribution >= 0.6 is 0 Å². The molecular weight excluding hydrogens is 304 g/mol. The van der Waals surface area contributed by atoms with E-state index in [-0.39, 0.29) is 23.9 Å². The van der Waals surface area contributed by atoms with Crippen molar-refractivity contribution in [3.63, 3.8) is 0 Å². The van der Waals surface area contributed by atoms with Crippen LogP contribution in [0.15, 0.2) is 35.5 Å². The minimum absolute atomic E-state index is 0.0405. The summed E-state index contributed by atoms with van der Waals surface area (Å²) in [4.78, 5) is 11.7. The molecule has 3 aliphatic rings. The molecule has 0 unspecified atom stereocenters. The van der Waals surface area contributed by atoms with Crippen LogP contribution in [0.5, 0.6) is 0 Å². The smallest absolute Gasteiger partial charge is 0.146 e. The molecule has 7 atom stereocenters. The minimum Gasteiger partial charge on any atom is -0.392 e. The zero-order valence-corrected chi connectivity index (χ0v) is 14.7. The summed E-state index contributed by atoms with van der Waals surface area (Å²) in [5.74, 6) is -0.597. The number of carbonyl (C=O) groups excluding carboxylic acids is 1. The number of fused-ring (bicyclic) bond motifs is 2. The van der Waals surface area contributed by atoms with Crippen molar-refractivity contribution in [2.75, 3.05) is 0 Å². The summed E-state index contributed by atoms with van der Waals surface area (Å²) in [7, 11) is 0. The van der Waals surface area contributed by atoms with Gasteiger partial charge in [-0.1, -0.05) is 29.9 Å². The molecule has 0 radical (unpaired) electrons. The van der Waals surface area contributed by atoms with Crippen molar-refractivity contribution in [1.82, 2.24) is 0 Å². The van der Waals surface area contributed by atoms with E-state index in [2.05, 4.69) is 6.58 Å². The number of rotatable bonds is 2. The van der Waals surface area contributed by atoms with Crippen molar-refractivity contribution in [2.24, 2.45) is 17.8 Å². The van der Waals surface area contributed by atoms with Gasteiger partial charge in [0.05, 0.1) is 18.3 Å². The first kappa shape index (κ1) is 17.6. The first-order chi connectivity index (χ1) is 11.3. The summed E-state index contributed by atoms with van der Waals surface area (Å²) >= 11 is 0. The van der Waals surface area contributed by atoms with E-state index in [1.54, 1.807) is 0 Å². The van der Waals surface area contributed by atoms with Crippen LogP contribution in [0.3, 0.4) is 0 Å². The summed E-state index contributed by atoms with van der Waals surface area (Å²) in [5, 5.41) is 21.6. The number of allylic oxidation sites excluding steroid dienone is 2. The Labute approximate surface area is 143 Å². The van der Waals surface area contributed by atoms with Gasteiger partial charge in [0.2, 0.25) is 0 Å². The van der Waals surface area contributed by atoms with Gasteiger partial charge in [0.1, 0.15) is 11.9 Å². The highest BCUT2D eigenvalue weighted by Crippen LogP contribution is 2.50. The maximum absolute atomic E-state index is 11.7. The average Bonchev–Trinajstić information content (AvgIpc) is 3.18. The molecule has 1 saturated heterocycles. The van der Waals surface area contributed by atoms with Crippen LogP contribution in [-0.2, 0) is 9.53 Å². The van der Waals surface area contributed by atoms with Gasteiger partial charge in [0.25, 0.3) is 0 Å². The van der Waals surface area contributed by atoms with Gasteiger partial charge >= 0.3 is 0 Å². The Morgan fingerprint density at radius 2 is 2.12 bits per heavy atom. The highest BCUT2D eigenvalue weighted by Gasteiger charge is 2.58. The summed E-state index contributed by atoms with van der Waals surface area (Å²) < 4.78 is 5.72. The van der Waals surface area contributed by atoms with Crippen LogP contribution in [0.1, 0.15) is 40.0 Å². The SMILES string of the molecule is C=C1CC[C@@H]2O[C@@]2(C)[C@H](O)C[C@@H]2C(C=O)=C[C@@H](C=C(C)C)[C@H](O)[C@@H]12. The fourth-order valence-electron chi connectivity index (χ4n) is 4.46. The van der Waals surface area contributed by atoms with Gasteiger partial charge in [-0.3, -0.25) is 4.79 Å². The van der Waals surface area contributed by atoms with Gasteiger partial charge in [-0.25, -0.2) is 0 Å². The Bertz CT molecular complexity index is 601. The van der Waals surface area contributed by atoms with E-state index in [4.69, 9.17) is 4.74 Å². The van der Waals surface area contributed by atoms with E-state index < -0.39 is 17.8 Å². The number of epoxide rings is 1. The van der Waals surface area contributed by atoms with Crippen LogP contribution in [0.4, 0.5) is 0 Å². The standard InChI is InChI=1S/C20H28O4/c1-11(2)7-13-8-14(10-21)15-9-16(22)20(4)17(24-20)6-5-12(3)18(15)19(13)23/h7-8,10,13,15-19,22-23H,3,5-6,9H2,1-2,4H3/t13-,15-,16-,17+,18+,19+,20+/m1/s1. The first-order valence-corrected chi connectivity index (χ1v) is 8.81. The van der Waals surface area contributed by atoms with Crippen molar-refractivity contribution in [3.05, 3.63) is 35.5 Å². The van der Waals surface area contributed by atoms with Gasteiger partial charge in [-0.2, -0.15) is 0 Å². The molecule has 1 aliphatic heterocycles. The van der Waals surface area contributed by atoms with Crippen LogP contribution in [0, 0.1) is 17.8 Å². The molecule has 24 heavy (non-hydrogen) atoms. The van der Waals surface area contributed by atoms with E-state index in [1.165, 1.54) is 0 Å². The second-order valence-corrected chi connectivity index (χ2v) is 7.97. The molecule has 0 aromatic rings. The van der Waals surface area contributed by atoms with Crippen molar-refractivity contribution in [1.29, 1.82) is 0 Å². The molecular formula is C20H28O4. The lowest BCUT2D eigenvalue weighted by Crippen LogP contribution is -2.42. The number of carbonyl (C=O) groups is 1. The lowest BCUT2D eigenvalue weighted by molar-refractivity contribution is -0.106. The van der Waals surface area contributed by atoms with Crippen LogP contribution in [0.25, 0.3) is 0 Å². The molecule has 0 amide bonds. The predicted molar refractivity (Wildman–Crippen MR) is 92.3 cm³/mol. The van der Waals surface area contributed by atoms with Crippen molar-refractivity contribution >= 4 is 6.29 Å². The Morgan fingerprint density at radius 1 is 1.42 bits per heavy atom. The second-order valence-electron chi connectivity index (χ2n) is 7.97. The van der Waals surface area contributed by atoms with E-state index in [0.29, 0.717) is 12.0 Å². The fraction of sp³-hybridized carbons (Fsp3) is 0.650. The fourth-order valence-corrected chi connectivity index (χ4v) is 4.46. The summed E-state index contributed by atoms with van der Waals surface area (Å²) in [6.45, 7) is 10.1. The number of aliphatic hydroxyl groups excluding tert-OH is 2. The molecule has 0 aromatic heterocycles. The molecule has 3 rings (SSSR count). The van der Waals surface area contributed by atoms with E-state index in [1.807, 2.05) is 32.9 Å². The average molecular weight is 332 g/mol. The Balaban J connectivity index is 1.99. The third kappa shape index (κ3) is 2.92. The van der Waals surface area contributed by atoms with Gasteiger partial charge in [-0.05, 0) is 51.5 Å². The van der Waals surface area contributed by atoms with E-state index in [0.717, 1.165) is 30.3 Å². The lowest BCUT2D eigenvalue weighted by atomic mass is 9.67. The van der Waals surface area contributed by atoms with Crippen LogP contribution < -0.4 is 0 Å². The normalized spacial score (nSPS) is 44.9. The largest absolute Gasteiger partial charge is 0.392 e. The van der Waals surface area contributed by atoms with Crippen molar-refractivity contribution in [2.45, 2.75) is 63.9 Å². The molecule has 1 saturated carbocycles. The number of aldehydes is 1. The number of hydrogen-bond donors (Lipinski definition) is 2. The molecule has 1 heterocycles. The quantitative estimate of drug-likeness (QED) is 0.463. The number of hydrogen-bond acceptors (Lipinski definition) is 4. The third-order valence-corrected chi connectivity index (χ3v) is 5.99. The number of aliphatic hydroxyl groups is 2. The molecule has 4 heteroatoms. The molecule has 2 N–H and O–H groups in total. The Hall–Kier alpha value is -1.23. The monoisotopic (exact) mass is 332 g/mol. The molecule has 132 valence electrons. The Morgan fingerprint density at radius 3 is 2.75 bits per heavy atom. The van der Waals surface area contributed by atoms with Crippen molar-refractivity contribution in [3.8, 4) is 0 Å². The molecule has 0 aromatic carbocycles. The highest BCUT2D eigenvalue weighted by molar-refractivity contribution is 5.75. The summed E-state index contributed by atoms with van der Waals surface area (Å²) in [6.07, 6.45) is 5.49. The maximum Gasteiger partial charge on any atom is 0.146 e. The molecule has 2 aliphatic carbocycles. The topological polar surface area (TPSA) is 70.1 Å². The molecule has 4 nitrogen and oxygen atoms in total. The van der Waals surface area contributed by atoms with Gasteiger partial charge in [0, 0.05) is 11.8 Å². The van der Waals surface area contributed by atoms with Gasteiger partial charge in [-0.15, -0.1) is 0 Å². The molecule has 2 fully saturated rings. The summed E-state index contributed by atoms with van der Waals surface area (Å²) in [6, 6.07) is 0.